The number of nitrogens with one attached hydrogen (secondary N) is 2. The Morgan fingerprint density at radius 1 is 1.35 bits per heavy atom. The van der Waals surface area contributed by atoms with E-state index in [0.29, 0.717) is 11.6 Å². The minimum absolute atomic E-state index is 0.111. The van der Waals surface area contributed by atoms with Crippen molar-refractivity contribution in [3.63, 3.8) is 0 Å². The molecular weight excluding hydrogens is 218 g/mol. The number of aromatic nitrogens is 2. The molecule has 96 valence electrons. The molecule has 0 saturated carbocycles. The van der Waals surface area contributed by atoms with Crippen LogP contribution in [0.1, 0.15) is 38.4 Å². The van der Waals surface area contributed by atoms with Crippen molar-refractivity contribution in [2.75, 3.05) is 18.5 Å². The van der Waals surface area contributed by atoms with Gasteiger partial charge in [0.15, 0.2) is 0 Å². The van der Waals surface area contributed by atoms with Gasteiger partial charge in [-0.2, -0.15) is 0 Å². The Morgan fingerprint density at radius 2 is 2.12 bits per heavy atom. The SMILES string of the molecule is CCc1nc(NCCCCCCO)cc(=O)[nH]1. The highest BCUT2D eigenvalue weighted by molar-refractivity contribution is 5.32. The zero-order chi connectivity index (χ0) is 12.5. The van der Waals surface area contributed by atoms with Gasteiger partial charge in [-0.1, -0.05) is 19.8 Å². The molecule has 17 heavy (non-hydrogen) atoms. The Balaban J connectivity index is 2.31. The summed E-state index contributed by atoms with van der Waals surface area (Å²) in [4.78, 5) is 18.2. The molecule has 0 fully saturated rings. The van der Waals surface area contributed by atoms with Gasteiger partial charge in [-0.15, -0.1) is 0 Å². The van der Waals surface area contributed by atoms with E-state index < -0.39 is 0 Å². The number of unbranched alkanes of at least 4 members (excludes halogenated alkanes) is 3. The van der Waals surface area contributed by atoms with Crippen LogP contribution in [0.3, 0.4) is 0 Å². The lowest BCUT2D eigenvalue weighted by molar-refractivity contribution is 0.283. The van der Waals surface area contributed by atoms with E-state index >= 15 is 0 Å². The summed E-state index contributed by atoms with van der Waals surface area (Å²) in [5.74, 6) is 1.35. The fourth-order valence-electron chi connectivity index (χ4n) is 1.57. The highest BCUT2D eigenvalue weighted by atomic mass is 16.2. The third-order valence-electron chi connectivity index (χ3n) is 2.52. The molecule has 0 atom stereocenters. The molecule has 0 aliphatic heterocycles. The average Bonchev–Trinajstić information content (AvgIpc) is 2.33. The zero-order valence-corrected chi connectivity index (χ0v) is 10.3. The first kappa shape index (κ1) is 13.7. The van der Waals surface area contributed by atoms with Gasteiger partial charge >= 0.3 is 0 Å². The topological polar surface area (TPSA) is 78.0 Å². The number of hydrogen-bond donors (Lipinski definition) is 3. The van der Waals surface area contributed by atoms with Gasteiger partial charge in [-0.25, -0.2) is 4.98 Å². The van der Waals surface area contributed by atoms with Gasteiger partial charge in [0, 0.05) is 25.6 Å². The molecule has 0 aromatic carbocycles. The molecule has 5 heteroatoms. The number of aromatic amines is 1. The second-order valence-corrected chi connectivity index (χ2v) is 4.00. The van der Waals surface area contributed by atoms with Gasteiger partial charge in [0.25, 0.3) is 5.56 Å². The van der Waals surface area contributed by atoms with Crippen LogP contribution < -0.4 is 10.9 Å². The lowest BCUT2D eigenvalue weighted by Gasteiger charge is -2.06. The molecule has 0 amide bonds. The third kappa shape index (κ3) is 5.49. The van der Waals surface area contributed by atoms with Crippen molar-refractivity contribution in [1.29, 1.82) is 0 Å². The summed E-state index contributed by atoms with van der Waals surface area (Å²) >= 11 is 0. The van der Waals surface area contributed by atoms with Crippen LogP contribution in [-0.2, 0) is 6.42 Å². The van der Waals surface area contributed by atoms with E-state index in [0.717, 1.165) is 38.6 Å². The molecule has 0 aliphatic rings. The van der Waals surface area contributed by atoms with Crippen LogP contribution in [-0.4, -0.2) is 28.2 Å². The normalized spacial score (nSPS) is 10.5. The van der Waals surface area contributed by atoms with Gasteiger partial charge < -0.3 is 15.4 Å². The zero-order valence-electron chi connectivity index (χ0n) is 10.3. The summed E-state index contributed by atoms with van der Waals surface area (Å²) in [5, 5.41) is 11.8. The monoisotopic (exact) mass is 239 g/mol. The van der Waals surface area contributed by atoms with Crippen LogP contribution >= 0.6 is 0 Å². The first-order chi connectivity index (χ1) is 8.26. The van der Waals surface area contributed by atoms with Crippen molar-refractivity contribution in [3.8, 4) is 0 Å². The number of hydrogen-bond acceptors (Lipinski definition) is 4. The number of H-pyrrole nitrogens is 1. The first-order valence-electron chi connectivity index (χ1n) is 6.21. The highest BCUT2D eigenvalue weighted by Crippen LogP contribution is 2.02. The van der Waals surface area contributed by atoms with Crippen LogP contribution in [0.25, 0.3) is 0 Å². The standard InChI is InChI=1S/C12H21N3O2/c1-2-10-14-11(9-12(17)15-10)13-7-5-3-4-6-8-16/h9,16H,2-8H2,1H3,(H2,13,14,15,17). The van der Waals surface area contributed by atoms with Crippen molar-refractivity contribution in [2.24, 2.45) is 0 Å². The number of nitrogens with zero attached hydrogens (tertiary/aromatic N) is 1. The second kappa shape index (κ2) is 7.84. The van der Waals surface area contributed by atoms with Gasteiger partial charge in [0.1, 0.15) is 11.6 Å². The number of aliphatic hydroxyl groups excluding tert-OH is 1. The summed E-state index contributed by atoms with van der Waals surface area (Å²) in [5.41, 5.74) is -0.111. The van der Waals surface area contributed by atoms with E-state index in [1.165, 1.54) is 6.07 Å². The summed E-state index contributed by atoms with van der Waals surface area (Å²) in [6, 6.07) is 1.48. The molecule has 0 aliphatic carbocycles. The smallest absolute Gasteiger partial charge is 0.252 e. The highest BCUT2D eigenvalue weighted by Gasteiger charge is 1.98. The Morgan fingerprint density at radius 3 is 2.82 bits per heavy atom. The van der Waals surface area contributed by atoms with Crippen LogP contribution in [0.4, 0.5) is 5.82 Å². The molecule has 1 rings (SSSR count). The predicted octanol–water partition coefficient (Wildman–Crippen LogP) is 1.30. The van der Waals surface area contributed by atoms with E-state index in [4.69, 9.17) is 5.11 Å². The summed E-state index contributed by atoms with van der Waals surface area (Å²) in [7, 11) is 0. The van der Waals surface area contributed by atoms with Crippen molar-refractivity contribution in [2.45, 2.75) is 39.0 Å². The number of rotatable bonds is 8. The molecule has 0 bridgehead atoms. The molecular formula is C12H21N3O2. The quantitative estimate of drug-likeness (QED) is 0.597. The number of aliphatic hydroxyl groups is 1. The van der Waals surface area contributed by atoms with E-state index in [2.05, 4.69) is 15.3 Å². The van der Waals surface area contributed by atoms with Crippen LogP contribution in [0.15, 0.2) is 10.9 Å². The minimum atomic E-state index is -0.111. The van der Waals surface area contributed by atoms with Gasteiger partial charge in [0.05, 0.1) is 0 Å². The van der Waals surface area contributed by atoms with Crippen molar-refractivity contribution in [1.82, 2.24) is 9.97 Å². The molecule has 1 aromatic rings. The first-order valence-corrected chi connectivity index (χ1v) is 6.21. The van der Waals surface area contributed by atoms with Crippen molar-refractivity contribution in [3.05, 3.63) is 22.2 Å². The molecule has 3 N–H and O–H groups in total. The summed E-state index contributed by atoms with van der Waals surface area (Å²) in [6.07, 6.45) is 4.74. The Hall–Kier alpha value is -1.36. The predicted molar refractivity (Wildman–Crippen MR) is 68.3 cm³/mol. The number of aryl methyl sites for hydroxylation is 1. The maximum atomic E-state index is 11.3. The Bertz CT molecular complexity index is 376. The third-order valence-corrected chi connectivity index (χ3v) is 2.52. The molecule has 0 saturated heterocycles. The fourth-order valence-corrected chi connectivity index (χ4v) is 1.57. The van der Waals surface area contributed by atoms with E-state index in [9.17, 15) is 4.79 Å². The molecule has 0 unspecified atom stereocenters. The van der Waals surface area contributed by atoms with Crippen LogP contribution in [0.5, 0.6) is 0 Å². The average molecular weight is 239 g/mol. The second-order valence-electron chi connectivity index (χ2n) is 4.00. The van der Waals surface area contributed by atoms with Crippen molar-refractivity contribution >= 4 is 5.82 Å². The lowest BCUT2D eigenvalue weighted by atomic mass is 10.2. The van der Waals surface area contributed by atoms with Gasteiger partial charge in [-0.05, 0) is 12.8 Å². The molecule has 0 radical (unpaired) electrons. The maximum absolute atomic E-state index is 11.3. The summed E-state index contributed by atoms with van der Waals surface area (Å²) < 4.78 is 0. The Labute approximate surface area is 101 Å². The van der Waals surface area contributed by atoms with Gasteiger partial charge in [0.2, 0.25) is 0 Å². The molecule has 1 heterocycles. The fraction of sp³-hybridized carbons (Fsp3) is 0.667. The molecule has 5 nitrogen and oxygen atoms in total. The molecule has 0 spiro atoms. The lowest BCUT2D eigenvalue weighted by Crippen LogP contribution is -2.13. The van der Waals surface area contributed by atoms with Crippen LogP contribution in [0.2, 0.25) is 0 Å². The van der Waals surface area contributed by atoms with E-state index in [1.807, 2.05) is 6.92 Å². The maximum Gasteiger partial charge on any atom is 0.252 e. The minimum Gasteiger partial charge on any atom is -0.396 e. The van der Waals surface area contributed by atoms with Gasteiger partial charge in [-0.3, -0.25) is 4.79 Å². The largest absolute Gasteiger partial charge is 0.396 e. The molecule has 1 aromatic heterocycles. The van der Waals surface area contributed by atoms with Crippen molar-refractivity contribution < 1.29 is 5.11 Å². The van der Waals surface area contributed by atoms with E-state index in [1.54, 1.807) is 0 Å². The van der Waals surface area contributed by atoms with E-state index in [-0.39, 0.29) is 12.2 Å². The number of anilines is 1. The van der Waals surface area contributed by atoms with Crippen LogP contribution in [0, 0.1) is 0 Å². The Kier molecular flexibility index (Phi) is 6.32. The summed E-state index contributed by atoms with van der Waals surface area (Å²) in [6.45, 7) is 3.03.